The Morgan fingerprint density at radius 3 is 2.47 bits per heavy atom. The van der Waals surface area contributed by atoms with Crippen molar-refractivity contribution in [3.05, 3.63) is 35.9 Å². The molecule has 0 spiro atoms. The second kappa shape index (κ2) is 6.52. The maximum absolute atomic E-state index is 7.72. The third-order valence-corrected chi connectivity index (χ3v) is 2.43. The third kappa shape index (κ3) is 4.55. The molecule has 0 fully saturated rings. The molecule has 0 amide bonds. The van der Waals surface area contributed by atoms with Crippen molar-refractivity contribution in [1.29, 1.82) is 5.41 Å². The maximum atomic E-state index is 7.72. The van der Waals surface area contributed by atoms with Crippen LogP contribution in [0.4, 0.5) is 0 Å². The number of rotatable bonds is 4. The van der Waals surface area contributed by atoms with E-state index in [9.17, 15) is 0 Å². The Labute approximate surface area is 102 Å². The molecule has 92 valence electrons. The average molecular weight is 233 g/mol. The van der Waals surface area contributed by atoms with Crippen LogP contribution in [0.15, 0.2) is 35.3 Å². The summed E-state index contributed by atoms with van der Waals surface area (Å²) in [6, 6.07) is 10.1. The monoisotopic (exact) mass is 233 g/mol. The average Bonchev–Trinajstić information content (AvgIpc) is 2.30. The van der Waals surface area contributed by atoms with Gasteiger partial charge >= 0.3 is 0 Å². The van der Waals surface area contributed by atoms with Gasteiger partial charge in [0, 0.05) is 13.1 Å². The van der Waals surface area contributed by atoms with Crippen molar-refractivity contribution in [1.82, 2.24) is 4.90 Å². The molecular weight excluding hydrogens is 214 g/mol. The first-order valence-electron chi connectivity index (χ1n) is 5.60. The maximum Gasteiger partial charge on any atom is 0.221 e. The van der Waals surface area contributed by atoms with Gasteiger partial charge in [0.15, 0.2) is 5.96 Å². The molecule has 0 aliphatic carbocycles. The van der Waals surface area contributed by atoms with Gasteiger partial charge in [-0.2, -0.15) is 4.99 Å². The van der Waals surface area contributed by atoms with Crippen LogP contribution in [0.2, 0.25) is 0 Å². The van der Waals surface area contributed by atoms with E-state index in [0.717, 1.165) is 13.0 Å². The van der Waals surface area contributed by atoms with Gasteiger partial charge in [-0.05, 0) is 18.9 Å². The molecule has 0 bridgehead atoms. The topological polar surface area (TPSA) is 91.5 Å². The molecule has 0 atom stereocenters. The Morgan fingerprint density at radius 2 is 1.94 bits per heavy atom. The van der Waals surface area contributed by atoms with E-state index in [4.69, 9.17) is 16.9 Å². The van der Waals surface area contributed by atoms with Crippen molar-refractivity contribution in [2.24, 2.45) is 16.5 Å². The van der Waals surface area contributed by atoms with E-state index in [1.54, 1.807) is 0 Å². The molecule has 1 aromatic rings. The highest BCUT2D eigenvalue weighted by molar-refractivity contribution is 5.91. The van der Waals surface area contributed by atoms with Crippen molar-refractivity contribution < 1.29 is 0 Å². The lowest BCUT2D eigenvalue weighted by atomic mass is 10.1. The number of aliphatic imine (C=N–C) groups is 1. The standard InChI is InChI=1S/C12H19N5/c1-2-17(12(15)16-11(13)14)9-8-10-6-4-3-5-7-10/h3-7H,2,8-9H2,1H3,(H5,13,14,15,16). The molecule has 1 aromatic carbocycles. The molecule has 0 aliphatic heterocycles. The van der Waals surface area contributed by atoms with E-state index < -0.39 is 0 Å². The van der Waals surface area contributed by atoms with Crippen molar-refractivity contribution >= 4 is 11.9 Å². The molecule has 0 aliphatic rings. The molecule has 5 nitrogen and oxygen atoms in total. The molecule has 0 saturated heterocycles. The largest absolute Gasteiger partial charge is 0.370 e. The summed E-state index contributed by atoms with van der Waals surface area (Å²) in [6.07, 6.45) is 0.872. The zero-order valence-electron chi connectivity index (χ0n) is 10.1. The lowest BCUT2D eigenvalue weighted by Gasteiger charge is -2.20. The molecule has 17 heavy (non-hydrogen) atoms. The van der Waals surface area contributed by atoms with Gasteiger partial charge in [0.05, 0.1) is 0 Å². The molecule has 1 rings (SSSR count). The first-order chi connectivity index (χ1) is 8.13. The summed E-state index contributed by atoms with van der Waals surface area (Å²) in [5, 5.41) is 7.72. The molecular formula is C12H19N5. The zero-order valence-corrected chi connectivity index (χ0v) is 10.1. The minimum absolute atomic E-state index is 0.0758. The molecule has 0 aromatic heterocycles. The van der Waals surface area contributed by atoms with Gasteiger partial charge < -0.3 is 16.4 Å². The summed E-state index contributed by atoms with van der Waals surface area (Å²) in [5.74, 6) is 0.0385. The predicted molar refractivity (Wildman–Crippen MR) is 70.9 cm³/mol. The highest BCUT2D eigenvalue weighted by Crippen LogP contribution is 2.02. The van der Waals surface area contributed by atoms with Crippen LogP contribution in [0.1, 0.15) is 12.5 Å². The van der Waals surface area contributed by atoms with Crippen molar-refractivity contribution in [2.45, 2.75) is 13.3 Å². The summed E-state index contributed by atoms with van der Waals surface area (Å²) >= 11 is 0. The van der Waals surface area contributed by atoms with Crippen molar-refractivity contribution in [3.63, 3.8) is 0 Å². The number of benzene rings is 1. The Morgan fingerprint density at radius 1 is 1.29 bits per heavy atom. The number of nitrogens with two attached hydrogens (primary N) is 2. The zero-order chi connectivity index (χ0) is 12.7. The van der Waals surface area contributed by atoms with E-state index in [1.165, 1.54) is 5.56 Å². The lowest BCUT2D eigenvalue weighted by Crippen LogP contribution is -2.34. The van der Waals surface area contributed by atoms with Crippen LogP contribution in [-0.2, 0) is 6.42 Å². The number of hydrogen-bond donors (Lipinski definition) is 3. The SMILES string of the molecule is CCN(CCc1ccccc1)C(=N)N=C(N)N. The number of nitrogens with zero attached hydrogens (tertiary/aromatic N) is 2. The fourth-order valence-electron chi connectivity index (χ4n) is 1.52. The summed E-state index contributed by atoms with van der Waals surface area (Å²) in [5.41, 5.74) is 11.7. The van der Waals surface area contributed by atoms with Crippen LogP contribution < -0.4 is 11.5 Å². The van der Waals surface area contributed by atoms with Gasteiger partial charge in [-0.3, -0.25) is 5.41 Å². The quantitative estimate of drug-likeness (QED) is 0.529. The number of guanidine groups is 2. The van der Waals surface area contributed by atoms with Gasteiger partial charge in [0.1, 0.15) is 0 Å². The van der Waals surface area contributed by atoms with Gasteiger partial charge in [0.2, 0.25) is 5.96 Å². The normalized spacial score (nSPS) is 9.71. The second-order valence-corrected chi connectivity index (χ2v) is 3.68. The predicted octanol–water partition coefficient (Wildman–Crippen LogP) is 0.759. The highest BCUT2D eigenvalue weighted by Gasteiger charge is 2.06. The number of nitrogens with one attached hydrogen (secondary N) is 1. The first-order valence-corrected chi connectivity index (χ1v) is 5.60. The molecule has 0 saturated carbocycles. The molecule has 5 N–H and O–H groups in total. The van der Waals surface area contributed by atoms with E-state index in [0.29, 0.717) is 6.54 Å². The minimum Gasteiger partial charge on any atom is -0.370 e. The van der Waals surface area contributed by atoms with E-state index in [2.05, 4.69) is 17.1 Å². The highest BCUT2D eigenvalue weighted by atomic mass is 15.3. The van der Waals surface area contributed by atoms with E-state index in [1.807, 2.05) is 30.0 Å². The van der Waals surface area contributed by atoms with Gasteiger partial charge in [-0.15, -0.1) is 0 Å². The summed E-state index contributed by atoms with van der Waals surface area (Å²) in [6.45, 7) is 3.42. The van der Waals surface area contributed by atoms with Crippen molar-refractivity contribution in [3.8, 4) is 0 Å². The van der Waals surface area contributed by atoms with Crippen LogP contribution in [0, 0.1) is 5.41 Å². The van der Waals surface area contributed by atoms with Crippen LogP contribution >= 0.6 is 0 Å². The second-order valence-electron chi connectivity index (χ2n) is 3.68. The summed E-state index contributed by atoms with van der Waals surface area (Å²) in [7, 11) is 0. The molecule has 0 unspecified atom stereocenters. The van der Waals surface area contributed by atoms with Crippen LogP contribution in [0.3, 0.4) is 0 Å². The minimum atomic E-state index is -0.0758. The molecule has 5 heteroatoms. The Balaban J connectivity index is 2.54. The van der Waals surface area contributed by atoms with E-state index >= 15 is 0 Å². The Hall–Kier alpha value is -2.04. The molecule has 0 heterocycles. The Bertz CT molecular complexity index is 381. The fraction of sp³-hybridized carbons (Fsp3) is 0.333. The number of likely N-dealkylation sites (N-methyl/N-ethyl adjacent to an activating group) is 1. The first kappa shape index (κ1) is 13.0. The molecule has 0 radical (unpaired) electrons. The summed E-state index contributed by atoms with van der Waals surface area (Å²) in [4.78, 5) is 5.57. The number of hydrogen-bond acceptors (Lipinski definition) is 1. The van der Waals surface area contributed by atoms with E-state index in [-0.39, 0.29) is 11.9 Å². The van der Waals surface area contributed by atoms with Gasteiger partial charge in [-0.1, -0.05) is 30.3 Å². The van der Waals surface area contributed by atoms with Crippen LogP contribution in [0.25, 0.3) is 0 Å². The van der Waals surface area contributed by atoms with Crippen LogP contribution in [0.5, 0.6) is 0 Å². The van der Waals surface area contributed by atoms with Crippen LogP contribution in [-0.4, -0.2) is 29.9 Å². The fourth-order valence-corrected chi connectivity index (χ4v) is 1.52. The van der Waals surface area contributed by atoms with Gasteiger partial charge in [0.25, 0.3) is 0 Å². The third-order valence-electron chi connectivity index (χ3n) is 2.43. The van der Waals surface area contributed by atoms with Gasteiger partial charge in [-0.25, -0.2) is 0 Å². The Kier molecular flexibility index (Phi) is 5.00. The van der Waals surface area contributed by atoms with Crippen molar-refractivity contribution in [2.75, 3.05) is 13.1 Å². The summed E-state index contributed by atoms with van der Waals surface area (Å²) < 4.78 is 0. The lowest BCUT2D eigenvalue weighted by molar-refractivity contribution is 0.437. The smallest absolute Gasteiger partial charge is 0.221 e.